The minimum Gasteiger partial charge on any atom is -0.352 e. The van der Waals surface area contributed by atoms with Crippen molar-refractivity contribution in [2.75, 3.05) is 36.0 Å². The van der Waals surface area contributed by atoms with E-state index < -0.39 is 5.54 Å². The molecule has 3 aromatic heterocycles. The number of hydrogen-bond acceptors (Lipinski definition) is 7. The summed E-state index contributed by atoms with van der Waals surface area (Å²) in [4.78, 5) is 25.7. The van der Waals surface area contributed by atoms with Crippen LogP contribution < -0.4 is 15.5 Å². The van der Waals surface area contributed by atoms with Gasteiger partial charge in [-0.15, -0.1) is 12.4 Å². The zero-order valence-corrected chi connectivity index (χ0v) is 20.8. The summed E-state index contributed by atoms with van der Waals surface area (Å²) >= 11 is 2.25. The summed E-state index contributed by atoms with van der Waals surface area (Å²) in [6.45, 7) is 5.06. The average Bonchev–Trinajstić information content (AvgIpc) is 3.20. The number of nitrogens with one attached hydrogen (secondary N) is 1. The Kier molecular flexibility index (Phi) is 6.68. The van der Waals surface area contributed by atoms with Crippen LogP contribution >= 0.6 is 35.0 Å². The summed E-state index contributed by atoms with van der Waals surface area (Å²) in [5.74, 6) is 1.33. The van der Waals surface area contributed by atoms with Gasteiger partial charge in [-0.3, -0.25) is 0 Å². The first-order valence-corrected chi connectivity index (χ1v) is 11.4. The van der Waals surface area contributed by atoms with Gasteiger partial charge in [0.15, 0.2) is 0 Å². The smallest absolute Gasteiger partial charge is 0.225 e. The van der Waals surface area contributed by atoms with E-state index in [2.05, 4.69) is 63.4 Å². The Morgan fingerprint density at radius 3 is 2.27 bits per heavy atom. The number of anilines is 2. The maximum absolute atomic E-state index is 13.3. The lowest BCUT2D eigenvalue weighted by Gasteiger charge is -2.35. The van der Waals surface area contributed by atoms with Gasteiger partial charge in [0, 0.05) is 44.1 Å². The fourth-order valence-corrected chi connectivity index (χ4v) is 4.55. The zero-order chi connectivity index (χ0) is 22.3. The number of nitrogens with two attached hydrogens (primary N) is 1. The lowest BCUT2D eigenvalue weighted by Crippen LogP contribution is -2.47. The number of aromatic amines is 1. The molecule has 172 valence electrons. The molecule has 3 N–H and O–H groups in total. The van der Waals surface area contributed by atoms with Crippen molar-refractivity contribution in [1.82, 2.24) is 24.9 Å². The Bertz CT molecular complexity index is 1240. The zero-order valence-electron chi connectivity index (χ0n) is 17.9. The third-order valence-electron chi connectivity index (χ3n) is 5.92. The molecule has 1 atom stereocenters. The number of benzene rings is 1. The Hall–Kier alpha value is -2.57. The molecule has 8 nitrogen and oxygen atoms in total. The van der Waals surface area contributed by atoms with E-state index in [-0.39, 0.29) is 18.2 Å². The Morgan fingerprint density at radius 2 is 1.61 bits per heavy atom. The molecule has 1 aromatic carbocycles. The number of rotatable bonds is 4. The predicted molar refractivity (Wildman–Crippen MR) is 137 cm³/mol. The number of H-pyrrole nitrogens is 1. The first-order chi connectivity index (χ1) is 15.4. The second kappa shape index (κ2) is 9.35. The van der Waals surface area contributed by atoms with Crippen molar-refractivity contribution in [3.05, 3.63) is 69.7 Å². The van der Waals surface area contributed by atoms with E-state index in [9.17, 15) is 4.39 Å². The van der Waals surface area contributed by atoms with Gasteiger partial charge in [0.2, 0.25) is 5.95 Å². The molecular formula is C22H23ClFIN8. The van der Waals surface area contributed by atoms with Crippen molar-refractivity contribution < 1.29 is 4.39 Å². The molecule has 1 fully saturated rings. The molecule has 33 heavy (non-hydrogen) atoms. The van der Waals surface area contributed by atoms with Crippen LogP contribution in [0.15, 0.2) is 49.1 Å². The van der Waals surface area contributed by atoms with Crippen molar-refractivity contribution in [3.63, 3.8) is 0 Å². The topological polar surface area (TPSA) is 99.9 Å². The van der Waals surface area contributed by atoms with Crippen LogP contribution in [0.3, 0.4) is 0 Å². The summed E-state index contributed by atoms with van der Waals surface area (Å²) in [5.41, 5.74) is 8.16. The van der Waals surface area contributed by atoms with Crippen LogP contribution in [0.1, 0.15) is 18.1 Å². The highest BCUT2D eigenvalue weighted by molar-refractivity contribution is 14.1. The molecule has 4 heterocycles. The van der Waals surface area contributed by atoms with Crippen LogP contribution in [-0.4, -0.2) is 51.1 Å². The molecule has 5 rings (SSSR count). The minimum atomic E-state index is -0.808. The van der Waals surface area contributed by atoms with Gasteiger partial charge in [0.1, 0.15) is 23.6 Å². The first-order valence-electron chi connectivity index (χ1n) is 10.3. The van der Waals surface area contributed by atoms with Gasteiger partial charge in [-0.1, -0.05) is 12.1 Å². The molecule has 0 bridgehead atoms. The maximum Gasteiger partial charge on any atom is 0.225 e. The van der Waals surface area contributed by atoms with Crippen molar-refractivity contribution in [2.24, 2.45) is 5.73 Å². The quantitative estimate of drug-likeness (QED) is 0.357. The standard InChI is InChI=1S/C22H22FIN8.ClH/c1-22(25,14-2-4-16(23)5-3-14)15-11-26-21(27-12-15)32-8-6-31(7-9-32)20-17-10-18(24)30-19(17)28-13-29-20;/h2-5,10-13H,6-9,25H2,1H3,(H,28,29,30);1H. The van der Waals surface area contributed by atoms with Gasteiger partial charge in [0.05, 0.1) is 14.6 Å². The number of fused-ring (bicyclic) bond motifs is 1. The van der Waals surface area contributed by atoms with Crippen LogP contribution in [0.25, 0.3) is 11.0 Å². The number of nitrogens with zero attached hydrogens (tertiary/aromatic N) is 6. The molecular weight excluding hydrogens is 558 g/mol. The van der Waals surface area contributed by atoms with Crippen LogP contribution in [0, 0.1) is 9.52 Å². The summed E-state index contributed by atoms with van der Waals surface area (Å²) in [5, 5.41) is 1.04. The molecule has 0 spiro atoms. The lowest BCUT2D eigenvalue weighted by molar-refractivity contribution is 0.585. The van der Waals surface area contributed by atoms with E-state index in [1.54, 1.807) is 30.9 Å². The van der Waals surface area contributed by atoms with Gasteiger partial charge in [0.25, 0.3) is 0 Å². The molecule has 4 aromatic rings. The third-order valence-corrected chi connectivity index (χ3v) is 6.50. The molecule has 1 aliphatic rings. The molecule has 1 aliphatic heterocycles. The molecule has 1 saturated heterocycles. The molecule has 11 heteroatoms. The number of hydrogen-bond donors (Lipinski definition) is 2. The molecule has 1 unspecified atom stereocenters. The van der Waals surface area contributed by atoms with Crippen molar-refractivity contribution in [3.8, 4) is 0 Å². The van der Waals surface area contributed by atoms with Crippen LogP contribution in [-0.2, 0) is 5.54 Å². The van der Waals surface area contributed by atoms with E-state index in [1.807, 2.05) is 6.92 Å². The van der Waals surface area contributed by atoms with E-state index in [1.165, 1.54) is 12.1 Å². The largest absolute Gasteiger partial charge is 0.352 e. The van der Waals surface area contributed by atoms with E-state index in [4.69, 9.17) is 5.73 Å². The van der Waals surface area contributed by atoms with Crippen LogP contribution in [0.2, 0.25) is 0 Å². The monoisotopic (exact) mass is 580 g/mol. The Balaban J connectivity index is 0.00000259. The fraction of sp³-hybridized carbons (Fsp3) is 0.273. The second-order valence-corrected chi connectivity index (χ2v) is 9.19. The normalized spacial score (nSPS) is 15.9. The van der Waals surface area contributed by atoms with Crippen molar-refractivity contribution >= 4 is 57.8 Å². The average molecular weight is 581 g/mol. The lowest BCUT2D eigenvalue weighted by atomic mass is 9.87. The van der Waals surface area contributed by atoms with E-state index in [0.29, 0.717) is 5.95 Å². The highest BCUT2D eigenvalue weighted by Crippen LogP contribution is 2.28. The van der Waals surface area contributed by atoms with E-state index in [0.717, 1.165) is 57.9 Å². The summed E-state index contributed by atoms with van der Waals surface area (Å²) in [7, 11) is 0. The summed E-state index contributed by atoms with van der Waals surface area (Å²) in [6, 6.07) is 8.28. The Labute approximate surface area is 210 Å². The molecule has 0 aliphatic carbocycles. The molecule has 0 radical (unpaired) electrons. The van der Waals surface area contributed by atoms with Crippen molar-refractivity contribution in [1.29, 1.82) is 0 Å². The maximum atomic E-state index is 13.3. The van der Waals surface area contributed by atoms with Crippen LogP contribution in [0.5, 0.6) is 0 Å². The third kappa shape index (κ3) is 4.59. The number of piperazine rings is 1. The number of halogens is 3. The van der Waals surface area contributed by atoms with Gasteiger partial charge in [-0.2, -0.15) is 0 Å². The van der Waals surface area contributed by atoms with Gasteiger partial charge in [-0.05, 0) is 53.3 Å². The SMILES string of the molecule is CC(N)(c1ccc(F)cc1)c1cnc(N2CCN(c3ncnc4[nH]c(I)cc34)CC2)nc1.Cl. The minimum absolute atomic E-state index is 0. The van der Waals surface area contributed by atoms with Crippen molar-refractivity contribution in [2.45, 2.75) is 12.5 Å². The molecule has 0 amide bonds. The highest BCUT2D eigenvalue weighted by atomic mass is 127. The van der Waals surface area contributed by atoms with Gasteiger partial charge in [-0.25, -0.2) is 24.3 Å². The second-order valence-electron chi connectivity index (χ2n) is 8.03. The predicted octanol–water partition coefficient (Wildman–Crippen LogP) is 3.46. The molecule has 0 saturated carbocycles. The fourth-order valence-electron chi connectivity index (χ4n) is 3.98. The van der Waals surface area contributed by atoms with E-state index >= 15 is 0 Å². The highest BCUT2D eigenvalue weighted by Gasteiger charge is 2.26. The number of aromatic nitrogens is 5. The first kappa shape index (κ1) is 23.6. The van der Waals surface area contributed by atoms with Crippen LogP contribution in [0.4, 0.5) is 16.2 Å². The summed E-state index contributed by atoms with van der Waals surface area (Å²) in [6.07, 6.45) is 5.12. The van der Waals surface area contributed by atoms with Gasteiger partial charge < -0.3 is 20.5 Å². The van der Waals surface area contributed by atoms with Gasteiger partial charge >= 0.3 is 0 Å². The summed E-state index contributed by atoms with van der Waals surface area (Å²) < 4.78 is 14.3. The Morgan fingerprint density at radius 1 is 0.970 bits per heavy atom.